The molecule has 0 saturated carbocycles. The van der Waals surface area contributed by atoms with Gasteiger partial charge in [-0.1, -0.05) is 61.2 Å². The Labute approximate surface area is 148 Å². The van der Waals surface area contributed by atoms with Gasteiger partial charge in [-0.15, -0.1) is 10.2 Å². The minimum Gasteiger partial charge on any atom is -0.258 e. The van der Waals surface area contributed by atoms with Gasteiger partial charge in [-0.25, -0.2) is 0 Å². The zero-order valence-electron chi connectivity index (χ0n) is 13.4. The van der Waals surface area contributed by atoms with E-state index in [1.54, 1.807) is 23.0 Å². The van der Waals surface area contributed by atoms with E-state index in [1.807, 2.05) is 37.3 Å². The summed E-state index contributed by atoms with van der Waals surface area (Å²) >= 11 is 1.53. The normalized spacial score (nSPS) is 11.1. The van der Waals surface area contributed by atoms with Gasteiger partial charge in [0, 0.05) is 23.3 Å². The van der Waals surface area contributed by atoms with E-state index in [-0.39, 0.29) is 5.69 Å². The second-order valence-corrected chi connectivity index (χ2v) is 6.24. The molecule has 1 aromatic heterocycles. The third-order valence-electron chi connectivity index (χ3n) is 3.32. The highest BCUT2D eigenvalue weighted by Gasteiger charge is 2.13. The molecule has 3 rings (SSSR count). The standard InChI is InChI=1S/C17H15N5O2S/c1-2-25-17-20-19-16(14-8-4-3-5-9-14)21(17)18-12-13-7-6-10-15(11-13)22(23)24/h3-12H,2H2,1H3. The van der Waals surface area contributed by atoms with E-state index in [1.165, 1.54) is 23.9 Å². The van der Waals surface area contributed by atoms with Crippen molar-refractivity contribution < 1.29 is 4.92 Å². The molecule has 0 aliphatic rings. The smallest absolute Gasteiger partial charge is 0.258 e. The summed E-state index contributed by atoms with van der Waals surface area (Å²) in [5.41, 5.74) is 1.56. The molecule has 0 amide bonds. The van der Waals surface area contributed by atoms with E-state index >= 15 is 0 Å². The second kappa shape index (κ2) is 7.71. The highest BCUT2D eigenvalue weighted by molar-refractivity contribution is 7.99. The van der Waals surface area contributed by atoms with Crippen molar-refractivity contribution in [2.24, 2.45) is 5.10 Å². The molecule has 25 heavy (non-hydrogen) atoms. The largest absolute Gasteiger partial charge is 0.270 e. The summed E-state index contributed by atoms with van der Waals surface area (Å²) in [6, 6.07) is 16.0. The van der Waals surface area contributed by atoms with Crippen molar-refractivity contribution in [3.8, 4) is 11.4 Å². The van der Waals surface area contributed by atoms with E-state index in [0.717, 1.165) is 11.3 Å². The molecule has 0 aliphatic heterocycles. The molecular weight excluding hydrogens is 338 g/mol. The number of nitrogens with zero attached hydrogens (tertiary/aromatic N) is 5. The van der Waals surface area contributed by atoms with Gasteiger partial charge < -0.3 is 0 Å². The highest BCUT2D eigenvalue weighted by atomic mass is 32.2. The van der Waals surface area contributed by atoms with Crippen LogP contribution in [0.25, 0.3) is 11.4 Å². The molecule has 7 nitrogen and oxygen atoms in total. The maximum Gasteiger partial charge on any atom is 0.270 e. The Morgan fingerprint density at radius 1 is 1.20 bits per heavy atom. The van der Waals surface area contributed by atoms with Gasteiger partial charge in [0.15, 0.2) is 5.82 Å². The fourth-order valence-corrected chi connectivity index (χ4v) is 2.81. The molecule has 0 aliphatic carbocycles. The van der Waals surface area contributed by atoms with E-state index in [9.17, 15) is 10.1 Å². The van der Waals surface area contributed by atoms with Crippen LogP contribution in [0.5, 0.6) is 0 Å². The number of aromatic nitrogens is 3. The van der Waals surface area contributed by atoms with Crippen molar-refractivity contribution in [2.45, 2.75) is 12.1 Å². The number of hydrogen-bond acceptors (Lipinski definition) is 6. The third kappa shape index (κ3) is 3.92. The minimum atomic E-state index is -0.427. The van der Waals surface area contributed by atoms with Gasteiger partial charge in [0.05, 0.1) is 11.1 Å². The predicted molar refractivity (Wildman–Crippen MR) is 97.9 cm³/mol. The molecule has 0 radical (unpaired) electrons. The van der Waals surface area contributed by atoms with Crippen LogP contribution in [0.15, 0.2) is 64.9 Å². The first-order valence-corrected chi connectivity index (χ1v) is 8.60. The number of benzene rings is 2. The van der Waals surface area contributed by atoms with Crippen molar-refractivity contribution in [2.75, 3.05) is 5.75 Å². The molecule has 0 bridgehead atoms. The van der Waals surface area contributed by atoms with Crippen molar-refractivity contribution in [3.63, 3.8) is 0 Å². The van der Waals surface area contributed by atoms with Gasteiger partial charge in [-0.2, -0.15) is 9.78 Å². The van der Waals surface area contributed by atoms with E-state index < -0.39 is 4.92 Å². The Kier molecular flexibility index (Phi) is 5.20. The average molecular weight is 353 g/mol. The Morgan fingerprint density at radius 3 is 2.72 bits per heavy atom. The Bertz CT molecular complexity index is 908. The van der Waals surface area contributed by atoms with Crippen LogP contribution in [-0.4, -0.2) is 31.8 Å². The van der Waals surface area contributed by atoms with Gasteiger partial charge in [-0.05, 0) is 5.75 Å². The molecule has 126 valence electrons. The first-order valence-electron chi connectivity index (χ1n) is 7.61. The first kappa shape index (κ1) is 16.8. The number of thioether (sulfide) groups is 1. The molecule has 0 fully saturated rings. The molecule has 2 aromatic carbocycles. The number of nitro benzene ring substituents is 1. The molecule has 1 heterocycles. The maximum absolute atomic E-state index is 10.9. The average Bonchev–Trinajstić information content (AvgIpc) is 3.04. The molecule has 3 aromatic rings. The van der Waals surface area contributed by atoms with Gasteiger partial charge in [0.25, 0.3) is 5.69 Å². The van der Waals surface area contributed by atoms with E-state index in [0.29, 0.717) is 16.5 Å². The van der Waals surface area contributed by atoms with E-state index in [2.05, 4.69) is 15.3 Å². The highest BCUT2D eigenvalue weighted by Crippen LogP contribution is 2.23. The molecule has 0 unspecified atom stereocenters. The van der Waals surface area contributed by atoms with Gasteiger partial charge in [0.1, 0.15) is 0 Å². The topological polar surface area (TPSA) is 86.2 Å². The van der Waals surface area contributed by atoms with Gasteiger partial charge in [-0.3, -0.25) is 10.1 Å². The predicted octanol–water partition coefficient (Wildman–Crippen LogP) is 3.85. The summed E-state index contributed by atoms with van der Waals surface area (Å²) in [7, 11) is 0. The second-order valence-electron chi connectivity index (χ2n) is 5.01. The molecule has 0 atom stereocenters. The van der Waals surface area contributed by atoms with Crippen LogP contribution < -0.4 is 0 Å². The Balaban J connectivity index is 1.99. The van der Waals surface area contributed by atoms with Crippen LogP contribution in [0.4, 0.5) is 5.69 Å². The third-order valence-corrected chi connectivity index (χ3v) is 4.12. The molecule has 0 N–H and O–H groups in total. The monoisotopic (exact) mass is 353 g/mol. The van der Waals surface area contributed by atoms with Crippen LogP contribution in [-0.2, 0) is 0 Å². The molecule has 0 spiro atoms. The molecule has 8 heteroatoms. The fraction of sp³-hybridized carbons (Fsp3) is 0.118. The summed E-state index contributed by atoms with van der Waals surface area (Å²) in [5.74, 6) is 1.46. The molecular formula is C17H15N5O2S. The summed E-state index contributed by atoms with van der Waals surface area (Å²) in [6.07, 6.45) is 1.57. The van der Waals surface area contributed by atoms with Crippen LogP contribution in [0.1, 0.15) is 12.5 Å². The number of hydrogen-bond donors (Lipinski definition) is 0. The fourth-order valence-electron chi connectivity index (χ4n) is 2.20. The Morgan fingerprint density at radius 2 is 2.00 bits per heavy atom. The zero-order valence-corrected chi connectivity index (χ0v) is 14.3. The molecule has 0 saturated heterocycles. The maximum atomic E-state index is 10.9. The summed E-state index contributed by atoms with van der Waals surface area (Å²) in [5, 5.41) is 24.4. The van der Waals surface area contributed by atoms with Crippen LogP contribution in [0.3, 0.4) is 0 Å². The van der Waals surface area contributed by atoms with Gasteiger partial charge in [0.2, 0.25) is 5.16 Å². The lowest BCUT2D eigenvalue weighted by molar-refractivity contribution is -0.384. The zero-order chi connectivity index (χ0) is 17.6. The lowest BCUT2D eigenvalue weighted by Crippen LogP contribution is -1.97. The number of nitro groups is 1. The van der Waals surface area contributed by atoms with Crippen molar-refractivity contribution in [1.29, 1.82) is 0 Å². The SMILES string of the molecule is CCSc1nnc(-c2ccccc2)n1N=Cc1cccc([N+](=O)[O-])c1. The van der Waals surface area contributed by atoms with Crippen LogP contribution >= 0.6 is 11.8 Å². The summed E-state index contributed by atoms with van der Waals surface area (Å²) in [4.78, 5) is 10.5. The minimum absolute atomic E-state index is 0.0270. The van der Waals surface area contributed by atoms with E-state index in [4.69, 9.17) is 0 Å². The lowest BCUT2D eigenvalue weighted by Gasteiger charge is -2.03. The van der Waals surface area contributed by atoms with Crippen LogP contribution in [0, 0.1) is 10.1 Å². The van der Waals surface area contributed by atoms with Crippen molar-refractivity contribution in [1.82, 2.24) is 14.9 Å². The quantitative estimate of drug-likeness (QED) is 0.291. The number of rotatable bonds is 6. The summed E-state index contributed by atoms with van der Waals surface area (Å²) < 4.78 is 1.66. The van der Waals surface area contributed by atoms with Crippen LogP contribution in [0.2, 0.25) is 0 Å². The van der Waals surface area contributed by atoms with Gasteiger partial charge >= 0.3 is 0 Å². The first-order chi connectivity index (χ1) is 12.2. The lowest BCUT2D eigenvalue weighted by atomic mass is 10.2. The van der Waals surface area contributed by atoms with Crippen molar-refractivity contribution >= 4 is 23.7 Å². The number of non-ortho nitro benzene ring substituents is 1. The Hall–Kier alpha value is -3.00. The van der Waals surface area contributed by atoms with Crippen molar-refractivity contribution in [3.05, 3.63) is 70.3 Å². The summed E-state index contributed by atoms with van der Waals surface area (Å²) in [6.45, 7) is 2.02.